The molecule has 18 heavy (non-hydrogen) atoms. The summed E-state index contributed by atoms with van der Waals surface area (Å²) in [4.78, 5) is 5.39. The first kappa shape index (κ1) is 16.3. The van der Waals surface area contributed by atoms with Gasteiger partial charge >= 0.3 is 0 Å². The van der Waals surface area contributed by atoms with E-state index in [2.05, 4.69) is 43.2 Å². The number of hydrogen-bond acceptors (Lipinski definition) is 3. The second-order valence-electron chi connectivity index (χ2n) is 6.08. The summed E-state index contributed by atoms with van der Waals surface area (Å²) >= 11 is 3.53. The van der Waals surface area contributed by atoms with Crippen molar-refractivity contribution in [2.24, 2.45) is 5.92 Å². The molecule has 0 aliphatic carbocycles. The average molecular weight is 273 g/mol. The van der Waals surface area contributed by atoms with Gasteiger partial charge in [0.1, 0.15) is 0 Å². The van der Waals surface area contributed by atoms with Gasteiger partial charge in [-0.2, -0.15) is 12.6 Å². The fourth-order valence-corrected chi connectivity index (χ4v) is 3.16. The SMILES string of the molecule is CC1CCN(C2CCN(C(C)C)CC2)CC1.CS. The summed E-state index contributed by atoms with van der Waals surface area (Å²) in [7, 11) is 0. The Hall–Kier alpha value is 0.270. The van der Waals surface area contributed by atoms with Crippen LogP contribution in [0.4, 0.5) is 0 Å². The molecule has 0 spiro atoms. The largest absolute Gasteiger partial charge is 0.301 e. The lowest BCUT2D eigenvalue weighted by atomic mass is 9.94. The maximum atomic E-state index is 3.53. The molecule has 0 atom stereocenters. The summed E-state index contributed by atoms with van der Waals surface area (Å²) in [5.41, 5.74) is 0. The second kappa shape index (κ2) is 8.44. The van der Waals surface area contributed by atoms with Gasteiger partial charge in [0, 0.05) is 12.1 Å². The summed E-state index contributed by atoms with van der Waals surface area (Å²) in [5.74, 6) is 0.965. The maximum absolute atomic E-state index is 3.53. The van der Waals surface area contributed by atoms with E-state index in [0.29, 0.717) is 0 Å². The topological polar surface area (TPSA) is 6.48 Å². The molecule has 2 saturated heterocycles. The van der Waals surface area contributed by atoms with Gasteiger partial charge in [0.25, 0.3) is 0 Å². The third kappa shape index (κ3) is 4.75. The third-order valence-corrected chi connectivity index (χ3v) is 4.56. The normalized spacial score (nSPS) is 25.0. The fraction of sp³-hybridized carbons (Fsp3) is 1.00. The van der Waals surface area contributed by atoms with Crippen molar-refractivity contribution >= 4 is 12.6 Å². The van der Waals surface area contributed by atoms with Gasteiger partial charge in [-0.1, -0.05) is 6.92 Å². The number of hydrogen-bond donors (Lipinski definition) is 1. The van der Waals surface area contributed by atoms with Gasteiger partial charge in [-0.25, -0.2) is 0 Å². The van der Waals surface area contributed by atoms with Crippen molar-refractivity contribution in [3.8, 4) is 0 Å². The van der Waals surface area contributed by atoms with E-state index in [-0.39, 0.29) is 0 Å². The van der Waals surface area contributed by atoms with Gasteiger partial charge in [-0.05, 0) is 77.9 Å². The molecule has 2 aliphatic heterocycles. The average Bonchev–Trinajstić information content (AvgIpc) is 2.42. The van der Waals surface area contributed by atoms with Crippen molar-refractivity contribution in [1.82, 2.24) is 9.80 Å². The quantitative estimate of drug-likeness (QED) is 0.772. The molecule has 108 valence electrons. The predicted molar refractivity (Wildman–Crippen MR) is 84.6 cm³/mol. The molecule has 2 rings (SSSR count). The molecule has 0 aromatic carbocycles. The Kier molecular flexibility index (Phi) is 7.66. The number of rotatable bonds is 2. The molecule has 2 fully saturated rings. The number of thiol groups is 1. The zero-order valence-corrected chi connectivity index (χ0v) is 13.6. The Bertz CT molecular complexity index is 205. The van der Waals surface area contributed by atoms with Gasteiger partial charge in [0.2, 0.25) is 0 Å². The second-order valence-corrected chi connectivity index (χ2v) is 6.08. The van der Waals surface area contributed by atoms with Crippen molar-refractivity contribution in [3.05, 3.63) is 0 Å². The summed E-state index contributed by atoms with van der Waals surface area (Å²) in [6, 6.07) is 1.63. The lowest BCUT2D eigenvalue weighted by Crippen LogP contribution is -2.48. The summed E-state index contributed by atoms with van der Waals surface area (Å²) in [5, 5.41) is 0. The Morgan fingerprint density at radius 1 is 0.889 bits per heavy atom. The fourth-order valence-electron chi connectivity index (χ4n) is 3.16. The van der Waals surface area contributed by atoms with Crippen LogP contribution >= 0.6 is 12.6 Å². The van der Waals surface area contributed by atoms with E-state index in [0.717, 1.165) is 18.0 Å². The molecule has 0 unspecified atom stereocenters. The van der Waals surface area contributed by atoms with Gasteiger partial charge in [-0.3, -0.25) is 0 Å². The van der Waals surface area contributed by atoms with E-state index in [9.17, 15) is 0 Å². The molecule has 2 heterocycles. The van der Waals surface area contributed by atoms with Crippen LogP contribution in [0.25, 0.3) is 0 Å². The van der Waals surface area contributed by atoms with Gasteiger partial charge in [0.05, 0.1) is 0 Å². The first-order valence-corrected chi connectivity index (χ1v) is 8.49. The molecular formula is C15H32N2S. The van der Waals surface area contributed by atoms with Gasteiger partial charge in [-0.15, -0.1) is 0 Å². The molecule has 0 N–H and O–H groups in total. The molecule has 0 saturated carbocycles. The van der Waals surface area contributed by atoms with E-state index in [1.54, 1.807) is 6.26 Å². The minimum absolute atomic E-state index is 0.738. The van der Waals surface area contributed by atoms with Crippen molar-refractivity contribution in [2.75, 3.05) is 32.4 Å². The highest BCUT2D eigenvalue weighted by Crippen LogP contribution is 2.23. The van der Waals surface area contributed by atoms with Crippen LogP contribution in [0.5, 0.6) is 0 Å². The molecule has 0 bridgehead atoms. The van der Waals surface area contributed by atoms with Crippen LogP contribution in [0.15, 0.2) is 0 Å². The summed E-state index contributed by atoms with van der Waals surface area (Å²) in [6.45, 7) is 12.4. The van der Waals surface area contributed by atoms with E-state index in [1.165, 1.54) is 51.9 Å². The molecule has 3 heteroatoms. The van der Waals surface area contributed by atoms with Crippen LogP contribution in [-0.4, -0.2) is 54.3 Å². The van der Waals surface area contributed by atoms with Gasteiger partial charge in [0.15, 0.2) is 0 Å². The Labute approximate surface area is 120 Å². The number of likely N-dealkylation sites (tertiary alicyclic amines) is 2. The summed E-state index contributed by atoms with van der Waals surface area (Å²) < 4.78 is 0. The predicted octanol–water partition coefficient (Wildman–Crippen LogP) is 3.14. The highest BCUT2D eigenvalue weighted by molar-refractivity contribution is 7.79. The first-order valence-electron chi connectivity index (χ1n) is 7.59. The first-order chi connectivity index (χ1) is 8.66. The van der Waals surface area contributed by atoms with Crippen LogP contribution in [0.3, 0.4) is 0 Å². The van der Waals surface area contributed by atoms with E-state index in [4.69, 9.17) is 0 Å². The minimum Gasteiger partial charge on any atom is -0.301 e. The summed E-state index contributed by atoms with van der Waals surface area (Å²) in [6.07, 6.45) is 7.33. The van der Waals surface area contributed by atoms with Crippen molar-refractivity contribution in [2.45, 2.75) is 58.5 Å². The molecule has 2 aliphatic rings. The molecule has 0 amide bonds. The number of nitrogens with zero attached hydrogens (tertiary/aromatic N) is 2. The number of piperidine rings is 2. The standard InChI is InChI=1S/C14H28N2.CH4S/c1-12(2)15-10-6-14(7-11-15)16-8-4-13(3)5-9-16;1-2/h12-14H,4-11H2,1-3H3;2H,1H3. The van der Waals surface area contributed by atoms with E-state index < -0.39 is 0 Å². The molecule has 0 aromatic heterocycles. The van der Waals surface area contributed by atoms with Gasteiger partial charge < -0.3 is 9.80 Å². The lowest BCUT2D eigenvalue weighted by Gasteiger charge is -2.42. The zero-order valence-electron chi connectivity index (χ0n) is 12.7. The van der Waals surface area contributed by atoms with Crippen LogP contribution in [-0.2, 0) is 0 Å². The monoisotopic (exact) mass is 272 g/mol. The van der Waals surface area contributed by atoms with Crippen molar-refractivity contribution in [1.29, 1.82) is 0 Å². The van der Waals surface area contributed by atoms with Crippen molar-refractivity contribution < 1.29 is 0 Å². The Balaban J connectivity index is 0.000000771. The molecular weight excluding hydrogens is 240 g/mol. The van der Waals surface area contributed by atoms with Crippen LogP contribution in [0, 0.1) is 5.92 Å². The smallest absolute Gasteiger partial charge is 0.0120 e. The molecule has 0 radical (unpaired) electrons. The molecule has 0 aromatic rings. The molecule has 2 nitrogen and oxygen atoms in total. The highest BCUT2D eigenvalue weighted by atomic mass is 32.1. The van der Waals surface area contributed by atoms with Crippen LogP contribution in [0.2, 0.25) is 0 Å². The Morgan fingerprint density at radius 2 is 1.39 bits per heavy atom. The zero-order chi connectivity index (χ0) is 13.5. The van der Waals surface area contributed by atoms with Crippen LogP contribution < -0.4 is 0 Å². The maximum Gasteiger partial charge on any atom is 0.0120 e. The third-order valence-electron chi connectivity index (χ3n) is 4.56. The van der Waals surface area contributed by atoms with E-state index >= 15 is 0 Å². The van der Waals surface area contributed by atoms with Crippen LogP contribution in [0.1, 0.15) is 46.5 Å². The van der Waals surface area contributed by atoms with E-state index in [1.807, 2.05) is 0 Å². The lowest BCUT2D eigenvalue weighted by molar-refractivity contribution is 0.0696. The Morgan fingerprint density at radius 3 is 1.83 bits per heavy atom. The van der Waals surface area contributed by atoms with Crippen molar-refractivity contribution in [3.63, 3.8) is 0 Å². The highest BCUT2D eigenvalue weighted by Gasteiger charge is 2.27. The minimum atomic E-state index is 0.738.